The van der Waals surface area contributed by atoms with Crippen molar-refractivity contribution in [3.8, 4) is 0 Å². The highest BCUT2D eigenvalue weighted by Gasteiger charge is 2.12. The summed E-state index contributed by atoms with van der Waals surface area (Å²) in [5.74, 6) is 0.391. The highest BCUT2D eigenvalue weighted by atomic mass is 35.5. The van der Waals surface area contributed by atoms with Crippen molar-refractivity contribution in [1.29, 1.82) is 0 Å². The maximum atomic E-state index is 12.1. The molecule has 1 rings (SSSR count). The summed E-state index contributed by atoms with van der Waals surface area (Å²) in [5, 5.41) is 3.02. The van der Waals surface area contributed by atoms with E-state index in [1.807, 2.05) is 31.2 Å². The van der Waals surface area contributed by atoms with Crippen molar-refractivity contribution in [2.24, 2.45) is 0 Å². The van der Waals surface area contributed by atoms with E-state index in [1.165, 1.54) is 0 Å². The Kier molecular flexibility index (Phi) is 6.89. The van der Waals surface area contributed by atoms with Crippen molar-refractivity contribution in [2.75, 3.05) is 19.6 Å². The number of amides is 1. The number of nitrogens with zero attached hydrogens (tertiary/aromatic N) is 1. The summed E-state index contributed by atoms with van der Waals surface area (Å²) in [6.45, 7) is 9.15. The third kappa shape index (κ3) is 5.21. The van der Waals surface area contributed by atoms with Crippen molar-refractivity contribution >= 4 is 17.5 Å². The molecule has 1 unspecified atom stereocenters. The van der Waals surface area contributed by atoms with Gasteiger partial charge in [0.25, 0.3) is 5.91 Å². The summed E-state index contributed by atoms with van der Waals surface area (Å²) in [4.78, 5) is 14.4. The Labute approximate surface area is 120 Å². The lowest BCUT2D eigenvalue weighted by Gasteiger charge is -2.23. The lowest BCUT2D eigenvalue weighted by molar-refractivity contribution is 0.0930. The molecule has 0 aliphatic heterocycles. The number of hydrogen-bond acceptors (Lipinski definition) is 2. The van der Waals surface area contributed by atoms with Crippen LogP contribution in [-0.4, -0.2) is 36.5 Å². The van der Waals surface area contributed by atoms with Crippen LogP contribution in [-0.2, 0) is 5.88 Å². The fourth-order valence-electron chi connectivity index (χ4n) is 2.02. The first-order valence-electron chi connectivity index (χ1n) is 6.78. The van der Waals surface area contributed by atoms with Gasteiger partial charge in [0.2, 0.25) is 0 Å². The van der Waals surface area contributed by atoms with Gasteiger partial charge in [0.1, 0.15) is 0 Å². The number of nitrogens with one attached hydrogen (secondary N) is 1. The van der Waals surface area contributed by atoms with Crippen LogP contribution in [0.4, 0.5) is 0 Å². The van der Waals surface area contributed by atoms with E-state index >= 15 is 0 Å². The largest absolute Gasteiger partial charge is 0.348 e. The molecule has 0 saturated carbocycles. The van der Waals surface area contributed by atoms with Gasteiger partial charge in [-0.05, 0) is 37.7 Å². The quantitative estimate of drug-likeness (QED) is 0.780. The Morgan fingerprint density at radius 3 is 2.63 bits per heavy atom. The van der Waals surface area contributed by atoms with Crippen LogP contribution < -0.4 is 5.32 Å². The van der Waals surface area contributed by atoms with E-state index in [0.29, 0.717) is 11.4 Å². The van der Waals surface area contributed by atoms with E-state index in [0.717, 1.165) is 25.2 Å². The molecule has 1 atom stereocenters. The highest BCUT2D eigenvalue weighted by molar-refractivity contribution is 6.17. The SMILES string of the molecule is CCN(CC)CC(C)NC(=O)c1cccc(CCl)c1. The number of likely N-dealkylation sites (N-methyl/N-ethyl adjacent to an activating group) is 1. The molecule has 0 aliphatic carbocycles. The first-order chi connectivity index (χ1) is 9.10. The number of alkyl halides is 1. The summed E-state index contributed by atoms with van der Waals surface area (Å²) in [6, 6.07) is 7.57. The lowest BCUT2D eigenvalue weighted by atomic mass is 10.1. The predicted octanol–water partition coefficient (Wildman–Crippen LogP) is 2.89. The fraction of sp³-hybridized carbons (Fsp3) is 0.533. The zero-order valence-electron chi connectivity index (χ0n) is 11.9. The maximum absolute atomic E-state index is 12.1. The van der Waals surface area contributed by atoms with Gasteiger partial charge < -0.3 is 10.2 Å². The minimum Gasteiger partial charge on any atom is -0.348 e. The van der Waals surface area contributed by atoms with Crippen LogP contribution in [0.15, 0.2) is 24.3 Å². The van der Waals surface area contributed by atoms with Crippen molar-refractivity contribution in [3.63, 3.8) is 0 Å². The Balaban J connectivity index is 2.58. The fourth-order valence-corrected chi connectivity index (χ4v) is 2.18. The molecule has 3 nitrogen and oxygen atoms in total. The van der Waals surface area contributed by atoms with E-state index in [4.69, 9.17) is 11.6 Å². The average molecular weight is 283 g/mol. The van der Waals surface area contributed by atoms with E-state index in [2.05, 4.69) is 24.1 Å². The molecule has 0 fully saturated rings. The summed E-state index contributed by atoms with van der Waals surface area (Å²) in [7, 11) is 0. The number of carbonyl (C=O) groups is 1. The molecule has 1 aromatic rings. The third-order valence-corrected chi connectivity index (χ3v) is 3.46. The first kappa shape index (κ1) is 16.0. The topological polar surface area (TPSA) is 32.3 Å². The summed E-state index contributed by atoms with van der Waals surface area (Å²) >= 11 is 5.78. The molecule has 0 saturated heterocycles. The minimum atomic E-state index is -0.0355. The number of halogens is 1. The van der Waals surface area contributed by atoms with Gasteiger partial charge in [-0.3, -0.25) is 4.79 Å². The normalized spacial score (nSPS) is 12.5. The monoisotopic (exact) mass is 282 g/mol. The Morgan fingerprint density at radius 1 is 1.37 bits per heavy atom. The zero-order valence-corrected chi connectivity index (χ0v) is 12.7. The predicted molar refractivity (Wildman–Crippen MR) is 80.7 cm³/mol. The van der Waals surface area contributed by atoms with Crippen LogP contribution in [0.3, 0.4) is 0 Å². The number of rotatable bonds is 7. The Hall–Kier alpha value is -1.06. The van der Waals surface area contributed by atoms with E-state index < -0.39 is 0 Å². The molecular weight excluding hydrogens is 260 g/mol. The van der Waals surface area contributed by atoms with Crippen LogP contribution in [0.1, 0.15) is 36.7 Å². The molecule has 0 radical (unpaired) electrons. The molecule has 0 spiro atoms. The number of hydrogen-bond donors (Lipinski definition) is 1. The second kappa shape index (κ2) is 8.18. The van der Waals surface area contributed by atoms with E-state index in [1.54, 1.807) is 0 Å². The summed E-state index contributed by atoms with van der Waals surface area (Å²) in [6.07, 6.45) is 0. The standard InChI is InChI=1S/C15H23ClN2O/c1-4-18(5-2)11-12(3)17-15(19)14-8-6-7-13(9-14)10-16/h6-9,12H,4-5,10-11H2,1-3H3,(H,17,19). The molecule has 1 aromatic carbocycles. The molecule has 0 heterocycles. The third-order valence-electron chi connectivity index (χ3n) is 3.15. The van der Waals surface area contributed by atoms with Gasteiger partial charge in [-0.1, -0.05) is 26.0 Å². The zero-order chi connectivity index (χ0) is 14.3. The smallest absolute Gasteiger partial charge is 0.251 e. The number of benzene rings is 1. The van der Waals surface area contributed by atoms with Gasteiger partial charge in [-0.25, -0.2) is 0 Å². The Morgan fingerprint density at radius 2 is 2.05 bits per heavy atom. The van der Waals surface area contributed by atoms with Gasteiger partial charge in [-0.15, -0.1) is 11.6 Å². The van der Waals surface area contributed by atoms with Crippen LogP contribution in [0.25, 0.3) is 0 Å². The highest BCUT2D eigenvalue weighted by Crippen LogP contribution is 2.08. The van der Waals surface area contributed by atoms with Crippen LogP contribution in [0.2, 0.25) is 0 Å². The molecule has 106 valence electrons. The first-order valence-corrected chi connectivity index (χ1v) is 7.32. The van der Waals surface area contributed by atoms with Gasteiger partial charge in [-0.2, -0.15) is 0 Å². The van der Waals surface area contributed by atoms with Gasteiger partial charge in [0, 0.05) is 24.0 Å². The van der Waals surface area contributed by atoms with Crippen molar-refractivity contribution in [1.82, 2.24) is 10.2 Å². The molecule has 19 heavy (non-hydrogen) atoms. The van der Waals surface area contributed by atoms with E-state index in [9.17, 15) is 4.79 Å². The molecule has 1 N–H and O–H groups in total. The molecular formula is C15H23ClN2O. The lowest BCUT2D eigenvalue weighted by Crippen LogP contribution is -2.41. The number of carbonyl (C=O) groups excluding carboxylic acids is 1. The second-order valence-corrected chi connectivity index (χ2v) is 4.96. The van der Waals surface area contributed by atoms with Gasteiger partial charge in [0.15, 0.2) is 0 Å². The Bertz CT molecular complexity index is 405. The van der Waals surface area contributed by atoms with Crippen molar-refractivity contribution < 1.29 is 4.79 Å². The van der Waals surface area contributed by atoms with Crippen LogP contribution in [0.5, 0.6) is 0 Å². The van der Waals surface area contributed by atoms with Crippen molar-refractivity contribution in [2.45, 2.75) is 32.7 Å². The molecule has 0 bridgehead atoms. The maximum Gasteiger partial charge on any atom is 0.251 e. The van der Waals surface area contributed by atoms with Crippen molar-refractivity contribution in [3.05, 3.63) is 35.4 Å². The summed E-state index contributed by atoms with van der Waals surface area (Å²) in [5.41, 5.74) is 1.63. The van der Waals surface area contributed by atoms with Gasteiger partial charge >= 0.3 is 0 Å². The minimum absolute atomic E-state index is 0.0355. The molecule has 1 amide bonds. The average Bonchev–Trinajstić information content (AvgIpc) is 2.44. The van der Waals surface area contributed by atoms with E-state index in [-0.39, 0.29) is 11.9 Å². The van der Waals surface area contributed by atoms with Crippen LogP contribution >= 0.6 is 11.6 Å². The molecule has 0 aromatic heterocycles. The second-order valence-electron chi connectivity index (χ2n) is 4.69. The summed E-state index contributed by atoms with van der Waals surface area (Å²) < 4.78 is 0. The van der Waals surface area contributed by atoms with Crippen LogP contribution in [0, 0.1) is 0 Å². The molecule has 4 heteroatoms. The molecule has 0 aliphatic rings. The van der Waals surface area contributed by atoms with Gasteiger partial charge in [0.05, 0.1) is 0 Å².